The van der Waals surface area contributed by atoms with E-state index in [2.05, 4.69) is 44.2 Å². The molecule has 0 saturated carbocycles. The third-order valence-electron chi connectivity index (χ3n) is 7.50. The Labute approximate surface area is 258 Å². The number of hydrogen-bond acceptors (Lipinski definition) is 8. The van der Waals surface area contributed by atoms with Crippen LogP contribution >= 0.6 is 0 Å². The number of fused-ring (bicyclic) bond motifs is 2. The minimum atomic E-state index is 0.692. The molecular weight excluding hydrogens is 556 g/mol. The van der Waals surface area contributed by atoms with Crippen LogP contribution in [-0.4, -0.2) is 39.9 Å². The molecule has 0 unspecified atom stereocenters. The fraction of sp³-hybridized carbons (Fsp3) is 0.0270. The zero-order chi connectivity index (χ0) is 30.0. The Balaban J connectivity index is 1.19. The zero-order valence-corrected chi connectivity index (χ0v) is 24.0. The summed E-state index contributed by atoms with van der Waals surface area (Å²) in [6, 6.07) is 35.6. The van der Waals surface area contributed by atoms with Gasteiger partial charge in [-0.05, 0) is 90.3 Å². The molecule has 6 heterocycles. The summed E-state index contributed by atoms with van der Waals surface area (Å²) < 4.78 is 0. The van der Waals surface area contributed by atoms with Crippen molar-refractivity contribution >= 4 is 22.1 Å². The van der Waals surface area contributed by atoms with E-state index in [-0.39, 0.29) is 0 Å². The predicted molar refractivity (Wildman–Crippen MR) is 175 cm³/mol. The summed E-state index contributed by atoms with van der Waals surface area (Å²) in [5, 5.41) is 0. The maximum atomic E-state index is 5.06. The van der Waals surface area contributed by atoms with E-state index in [9.17, 15) is 0 Å². The highest BCUT2D eigenvalue weighted by molar-refractivity contribution is 5.86. The van der Waals surface area contributed by atoms with Crippen LogP contribution in [0.3, 0.4) is 0 Å². The Bertz CT molecular complexity index is 2110. The summed E-state index contributed by atoms with van der Waals surface area (Å²) in [5.74, 6) is 0. The van der Waals surface area contributed by atoms with Crippen molar-refractivity contribution in [3.8, 4) is 45.6 Å². The summed E-state index contributed by atoms with van der Waals surface area (Å²) in [6.45, 7) is 0. The van der Waals surface area contributed by atoms with E-state index in [1.807, 2.05) is 84.9 Å². The van der Waals surface area contributed by atoms with Crippen molar-refractivity contribution in [2.45, 2.75) is 6.42 Å². The van der Waals surface area contributed by atoms with E-state index in [1.165, 1.54) is 0 Å². The van der Waals surface area contributed by atoms with Gasteiger partial charge in [0.15, 0.2) is 0 Å². The number of benzene rings is 2. The van der Waals surface area contributed by atoms with Crippen LogP contribution in [0.1, 0.15) is 11.1 Å². The molecule has 0 fully saturated rings. The van der Waals surface area contributed by atoms with Gasteiger partial charge in [0.2, 0.25) is 0 Å². The van der Waals surface area contributed by atoms with Crippen molar-refractivity contribution in [3.63, 3.8) is 0 Å². The minimum absolute atomic E-state index is 0.692. The van der Waals surface area contributed by atoms with E-state index in [0.717, 1.165) is 56.0 Å². The van der Waals surface area contributed by atoms with Crippen molar-refractivity contribution in [2.24, 2.45) is 0 Å². The predicted octanol–water partition coefficient (Wildman–Crippen LogP) is 7.41. The van der Waals surface area contributed by atoms with E-state index < -0.39 is 0 Å². The van der Waals surface area contributed by atoms with Crippen molar-refractivity contribution in [3.05, 3.63) is 145 Å². The molecule has 0 amide bonds. The third-order valence-corrected chi connectivity index (χ3v) is 7.50. The van der Waals surface area contributed by atoms with Gasteiger partial charge in [0, 0.05) is 24.8 Å². The van der Waals surface area contributed by atoms with Crippen molar-refractivity contribution in [1.82, 2.24) is 39.9 Å². The summed E-state index contributed by atoms with van der Waals surface area (Å²) in [5.41, 5.74) is 11.2. The van der Waals surface area contributed by atoms with Gasteiger partial charge >= 0.3 is 0 Å². The summed E-state index contributed by atoms with van der Waals surface area (Å²) >= 11 is 0. The van der Waals surface area contributed by atoms with Gasteiger partial charge in [0.05, 0.1) is 44.8 Å². The molecule has 0 aliphatic rings. The van der Waals surface area contributed by atoms with E-state index >= 15 is 0 Å². The maximum Gasteiger partial charge on any atom is 0.117 e. The Kier molecular flexibility index (Phi) is 6.69. The van der Waals surface area contributed by atoms with Crippen LogP contribution in [0.15, 0.2) is 134 Å². The third kappa shape index (κ3) is 5.25. The summed E-state index contributed by atoms with van der Waals surface area (Å²) in [4.78, 5) is 38.3. The van der Waals surface area contributed by atoms with E-state index in [1.54, 1.807) is 24.8 Å². The Morgan fingerprint density at radius 1 is 0.333 bits per heavy atom. The smallest absolute Gasteiger partial charge is 0.117 e. The molecular formula is C37H24N8. The second-order valence-electron chi connectivity index (χ2n) is 10.5. The second kappa shape index (κ2) is 11.4. The molecule has 0 spiro atoms. The van der Waals surface area contributed by atoms with Crippen molar-refractivity contribution < 1.29 is 0 Å². The molecule has 8 heteroatoms. The van der Waals surface area contributed by atoms with Crippen LogP contribution in [0.2, 0.25) is 0 Å². The Hall–Kier alpha value is -6.28. The minimum Gasteiger partial charge on any atom is -0.255 e. The highest BCUT2D eigenvalue weighted by Gasteiger charge is 2.17. The number of hydrogen-bond donors (Lipinski definition) is 0. The largest absolute Gasteiger partial charge is 0.255 e. The molecule has 0 saturated heterocycles. The average Bonchev–Trinajstić information content (AvgIpc) is 3.12. The molecule has 2 aromatic carbocycles. The summed E-state index contributed by atoms with van der Waals surface area (Å²) in [6.07, 6.45) is 7.75. The van der Waals surface area contributed by atoms with Crippen molar-refractivity contribution in [2.75, 3.05) is 0 Å². The first kappa shape index (κ1) is 26.4. The number of rotatable bonds is 6. The number of nitrogens with zero attached hydrogens (tertiary/aromatic N) is 8. The first-order valence-electron chi connectivity index (χ1n) is 14.6. The van der Waals surface area contributed by atoms with Crippen LogP contribution in [-0.2, 0) is 6.42 Å². The summed E-state index contributed by atoms with van der Waals surface area (Å²) in [7, 11) is 0. The SMILES string of the molecule is c1ccc(-c2nc3ccc(Cc4ccc5nc(-c6ccccn6)c(-c6ccccn6)nc5c4)cc3nc2-c2ccccn2)nc1. The van der Waals surface area contributed by atoms with Gasteiger partial charge in [-0.25, -0.2) is 19.9 Å². The lowest BCUT2D eigenvalue weighted by Crippen LogP contribution is -2.00. The second-order valence-corrected chi connectivity index (χ2v) is 10.5. The molecule has 0 radical (unpaired) electrons. The highest BCUT2D eigenvalue weighted by Crippen LogP contribution is 2.31. The molecule has 0 bridgehead atoms. The molecule has 0 N–H and O–H groups in total. The maximum absolute atomic E-state index is 5.06. The molecule has 0 atom stereocenters. The molecule has 0 aliphatic heterocycles. The zero-order valence-electron chi connectivity index (χ0n) is 24.0. The molecule has 45 heavy (non-hydrogen) atoms. The first-order chi connectivity index (χ1) is 22.3. The first-order valence-corrected chi connectivity index (χ1v) is 14.6. The number of aromatic nitrogens is 8. The monoisotopic (exact) mass is 580 g/mol. The molecule has 8 nitrogen and oxygen atoms in total. The van der Waals surface area contributed by atoms with Gasteiger partial charge < -0.3 is 0 Å². The van der Waals surface area contributed by atoms with Gasteiger partial charge in [-0.1, -0.05) is 36.4 Å². The van der Waals surface area contributed by atoms with Crippen LogP contribution in [0.25, 0.3) is 67.6 Å². The normalized spacial score (nSPS) is 11.2. The Morgan fingerprint density at radius 2 is 0.667 bits per heavy atom. The van der Waals surface area contributed by atoms with E-state index in [0.29, 0.717) is 29.2 Å². The van der Waals surface area contributed by atoms with Gasteiger partial charge in [-0.3, -0.25) is 19.9 Å². The van der Waals surface area contributed by atoms with Gasteiger partial charge in [0.25, 0.3) is 0 Å². The van der Waals surface area contributed by atoms with E-state index in [4.69, 9.17) is 19.9 Å². The molecule has 6 aromatic heterocycles. The Morgan fingerprint density at radius 3 is 0.978 bits per heavy atom. The van der Waals surface area contributed by atoms with Crippen LogP contribution < -0.4 is 0 Å². The van der Waals surface area contributed by atoms with Crippen LogP contribution in [0.5, 0.6) is 0 Å². The molecule has 212 valence electrons. The topological polar surface area (TPSA) is 103 Å². The standard InChI is InChI=1S/C37H24N8/c1-5-17-38-28(9-1)34-36(30-11-3-7-19-40-30)44-32-22-24(13-15-26(32)42-34)21-25-14-16-27-33(23-25)45-37(31-12-4-8-20-41-31)35(43-27)29-10-2-6-18-39-29/h1-20,22-23H,21H2. The lowest BCUT2D eigenvalue weighted by Gasteiger charge is -2.11. The molecule has 8 rings (SSSR count). The fourth-order valence-corrected chi connectivity index (χ4v) is 5.38. The molecule has 0 aliphatic carbocycles. The molecule has 8 aromatic rings. The lowest BCUT2D eigenvalue weighted by atomic mass is 10.0. The van der Waals surface area contributed by atoms with Gasteiger partial charge in [-0.15, -0.1) is 0 Å². The fourth-order valence-electron chi connectivity index (χ4n) is 5.38. The number of pyridine rings is 4. The van der Waals surface area contributed by atoms with Gasteiger partial charge in [-0.2, -0.15) is 0 Å². The van der Waals surface area contributed by atoms with Crippen molar-refractivity contribution in [1.29, 1.82) is 0 Å². The average molecular weight is 581 g/mol. The lowest BCUT2D eigenvalue weighted by molar-refractivity contribution is 1.17. The van der Waals surface area contributed by atoms with Gasteiger partial charge in [0.1, 0.15) is 22.8 Å². The van der Waals surface area contributed by atoms with Crippen LogP contribution in [0, 0.1) is 0 Å². The highest BCUT2D eigenvalue weighted by atomic mass is 14.9. The van der Waals surface area contributed by atoms with Crippen LogP contribution in [0.4, 0.5) is 0 Å². The quantitative estimate of drug-likeness (QED) is 0.200.